The molecule has 1 rings (SSSR count). The number of hydrogen-bond acceptors (Lipinski definition) is 0. The van der Waals surface area contributed by atoms with Crippen LogP contribution in [-0.4, -0.2) is 0 Å². The van der Waals surface area contributed by atoms with Gasteiger partial charge in [0.15, 0.2) is 0 Å². The van der Waals surface area contributed by atoms with E-state index in [0.717, 1.165) is 5.56 Å². The number of terminal acetylenes is 1. The van der Waals surface area contributed by atoms with Crippen molar-refractivity contribution in [3.05, 3.63) is 41.5 Å². The number of rotatable bonds is 10. The molecule has 0 nitrogen and oxygen atoms in total. The Morgan fingerprint density at radius 2 is 1.50 bits per heavy atom. The maximum atomic E-state index is 5.34. The highest BCUT2D eigenvalue weighted by Gasteiger charge is 1.91. The quantitative estimate of drug-likeness (QED) is 0.349. The third-order valence-electron chi connectivity index (χ3n) is 3.61. The summed E-state index contributed by atoms with van der Waals surface area (Å²) in [6, 6.07) is 8.16. The predicted octanol–water partition coefficient (Wildman–Crippen LogP) is 6.21. The fourth-order valence-electron chi connectivity index (χ4n) is 2.31. The zero-order chi connectivity index (χ0) is 14.5. The van der Waals surface area contributed by atoms with Crippen molar-refractivity contribution < 1.29 is 0 Å². The van der Waals surface area contributed by atoms with E-state index in [0.29, 0.717) is 0 Å². The molecule has 0 amide bonds. The van der Waals surface area contributed by atoms with E-state index >= 15 is 0 Å². The molecule has 0 N–H and O–H groups in total. The Morgan fingerprint density at radius 3 is 2.10 bits per heavy atom. The molecule has 0 aliphatic rings. The van der Waals surface area contributed by atoms with E-state index in [4.69, 9.17) is 6.42 Å². The summed E-state index contributed by atoms with van der Waals surface area (Å²) >= 11 is 0. The smallest absolute Gasteiger partial charge is 0.0243 e. The zero-order valence-electron chi connectivity index (χ0n) is 12.9. The Morgan fingerprint density at radius 1 is 0.900 bits per heavy atom. The number of benzene rings is 1. The van der Waals surface area contributed by atoms with Gasteiger partial charge in [0.25, 0.3) is 0 Å². The Bertz CT molecular complexity index is 403. The van der Waals surface area contributed by atoms with Crippen molar-refractivity contribution in [3.8, 4) is 12.3 Å². The molecule has 0 saturated heterocycles. The average Bonchev–Trinajstić information content (AvgIpc) is 2.50. The molecule has 1 aromatic carbocycles. The van der Waals surface area contributed by atoms with E-state index in [2.05, 4.69) is 37.1 Å². The van der Waals surface area contributed by atoms with Crippen LogP contribution in [0.3, 0.4) is 0 Å². The lowest BCUT2D eigenvalue weighted by Gasteiger charge is -2.00. The standard InChI is InChI=1S/C20H28/c1-3-5-6-7-8-9-10-11-12-13-14-20-17-15-19(4-2)16-18-20/h2,13-18H,3,5-12H2,1H3/b14-13+. The number of unbranched alkanes of at least 4 members (excludes halogenated alkanes) is 8. The van der Waals surface area contributed by atoms with E-state index in [1.54, 1.807) is 0 Å². The first kappa shape index (κ1) is 16.6. The van der Waals surface area contributed by atoms with Gasteiger partial charge in [-0.1, -0.05) is 82.1 Å². The van der Waals surface area contributed by atoms with Gasteiger partial charge in [-0.2, -0.15) is 0 Å². The van der Waals surface area contributed by atoms with E-state index in [9.17, 15) is 0 Å². The second-order valence-corrected chi connectivity index (χ2v) is 5.43. The zero-order valence-corrected chi connectivity index (χ0v) is 12.9. The van der Waals surface area contributed by atoms with Crippen LogP contribution in [0, 0.1) is 12.3 Å². The van der Waals surface area contributed by atoms with Gasteiger partial charge in [0.2, 0.25) is 0 Å². The van der Waals surface area contributed by atoms with Gasteiger partial charge in [-0.05, 0) is 30.5 Å². The Kier molecular flexibility index (Phi) is 9.41. The molecule has 0 aliphatic carbocycles. The Hall–Kier alpha value is -1.48. The van der Waals surface area contributed by atoms with Gasteiger partial charge in [0.1, 0.15) is 0 Å². The summed E-state index contributed by atoms with van der Waals surface area (Å²) in [6.07, 6.45) is 22.1. The monoisotopic (exact) mass is 268 g/mol. The molecule has 0 radical (unpaired) electrons. The maximum Gasteiger partial charge on any atom is 0.0243 e. The molecule has 1 aromatic rings. The van der Waals surface area contributed by atoms with Gasteiger partial charge in [-0.15, -0.1) is 6.42 Å². The van der Waals surface area contributed by atoms with Crippen LogP contribution in [0.2, 0.25) is 0 Å². The summed E-state index contributed by atoms with van der Waals surface area (Å²) in [5.74, 6) is 2.64. The van der Waals surface area contributed by atoms with Crippen LogP contribution in [0.25, 0.3) is 6.08 Å². The van der Waals surface area contributed by atoms with E-state index in [1.807, 2.05) is 12.1 Å². The molecule has 0 heteroatoms. The van der Waals surface area contributed by atoms with Crippen molar-refractivity contribution in [2.45, 2.75) is 64.7 Å². The summed E-state index contributed by atoms with van der Waals surface area (Å²) in [5.41, 5.74) is 2.19. The molecule has 0 saturated carbocycles. The minimum Gasteiger partial charge on any atom is -0.115 e. The topological polar surface area (TPSA) is 0 Å². The van der Waals surface area contributed by atoms with Crippen LogP contribution in [0.4, 0.5) is 0 Å². The van der Waals surface area contributed by atoms with Crippen molar-refractivity contribution in [1.29, 1.82) is 0 Å². The fraction of sp³-hybridized carbons (Fsp3) is 0.500. The van der Waals surface area contributed by atoms with Crippen molar-refractivity contribution >= 4 is 6.08 Å². The molecule has 0 bridgehead atoms. The average molecular weight is 268 g/mol. The molecular formula is C20H28. The first-order valence-electron chi connectivity index (χ1n) is 8.10. The van der Waals surface area contributed by atoms with Crippen LogP contribution in [0.5, 0.6) is 0 Å². The second kappa shape index (κ2) is 11.4. The first-order chi connectivity index (χ1) is 9.86. The summed E-state index contributed by atoms with van der Waals surface area (Å²) < 4.78 is 0. The molecule has 0 heterocycles. The normalized spacial score (nSPS) is 10.8. The van der Waals surface area contributed by atoms with Crippen LogP contribution in [-0.2, 0) is 0 Å². The summed E-state index contributed by atoms with van der Waals surface area (Å²) in [6.45, 7) is 2.27. The highest BCUT2D eigenvalue weighted by atomic mass is 14.0. The molecule has 0 atom stereocenters. The van der Waals surface area contributed by atoms with E-state index in [-0.39, 0.29) is 0 Å². The molecule has 108 valence electrons. The third-order valence-corrected chi connectivity index (χ3v) is 3.61. The van der Waals surface area contributed by atoms with Gasteiger partial charge in [0.05, 0.1) is 0 Å². The molecular weight excluding hydrogens is 240 g/mol. The summed E-state index contributed by atoms with van der Waals surface area (Å²) in [7, 11) is 0. The fourth-order valence-corrected chi connectivity index (χ4v) is 2.31. The summed E-state index contributed by atoms with van der Waals surface area (Å²) in [5, 5.41) is 0. The number of allylic oxidation sites excluding steroid dienone is 1. The van der Waals surface area contributed by atoms with Crippen molar-refractivity contribution in [2.24, 2.45) is 0 Å². The van der Waals surface area contributed by atoms with Crippen molar-refractivity contribution in [2.75, 3.05) is 0 Å². The SMILES string of the molecule is C#Cc1ccc(/C=C/CCCCCCCCCC)cc1. The maximum absolute atomic E-state index is 5.34. The lowest BCUT2D eigenvalue weighted by atomic mass is 10.1. The molecule has 0 aromatic heterocycles. The highest BCUT2D eigenvalue weighted by Crippen LogP contribution is 2.11. The van der Waals surface area contributed by atoms with Crippen LogP contribution < -0.4 is 0 Å². The van der Waals surface area contributed by atoms with Crippen LogP contribution in [0.15, 0.2) is 30.3 Å². The van der Waals surface area contributed by atoms with Gasteiger partial charge in [-0.3, -0.25) is 0 Å². The van der Waals surface area contributed by atoms with Crippen molar-refractivity contribution in [3.63, 3.8) is 0 Å². The molecule has 0 fully saturated rings. The van der Waals surface area contributed by atoms with E-state index < -0.39 is 0 Å². The first-order valence-corrected chi connectivity index (χ1v) is 8.10. The largest absolute Gasteiger partial charge is 0.115 e. The van der Waals surface area contributed by atoms with Crippen LogP contribution >= 0.6 is 0 Å². The highest BCUT2D eigenvalue weighted by molar-refractivity contribution is 5.51. The number of hydrogen-bond donors (Lipinski definition) is 0. The minimum absolute atomic E-state index is 0.949. The lowest BCUT2D eigenvalue weighted by molar-refractivity contribution is 0.578. The third kappa shape index (κ3) is 7.85. The van der Waals surface area contributed by atoms with Gasteiger partial charge in [-0.25, -0.2) is 0 Å². The van der Waals surface area contributed by atoms with Crippen molar-refractivity contribution in [1.82, 2.24) is 0 Å². The van der Waals surface area contributed by atoms with Gasteiger partial charge in [0, 0.05) is 5.56 Å². The second-order valence-electron chi connectivity index (χ2n) is 5.43. The summed E-state index contributed by atoms with van der Waals surface area (Å²) in [4.78, 5) is 0. The van der Waals surface area contributed by atoms with E-state index in [1.165, 1.54) is 63.4 Å². The minimum atomic E-state index is 0.949. The van der Waals surface area contributed by atoms with Gasteiger partial charge >= 0.3 is 0 Å². The molecule has 20 heavy (non-hydrogen) atoms. The van der Waals surface area contributed by atoms with Crippen LogP contribution in [0.1, 0.15) is 75.8 Å². The molecule has 0 aliphatic heterocycles. The van der Waals surface area contributed by atoms with Gasteiger partial charge < -0.3 is 0 Å². The lowest BCUT2D eigenvalue weighted by Crippen LogP contribution is -1.80. The Labute approximate surface area is 125 Å². The Balaban J connectivity index is 2.03. The molecule has 0 unspecified atom stereocenters. The molecule has 0 spiro atoms. The predicted molar refractivity (Wildman–Crippen MR) is 90.6 cm³/mol.